The normalized spacial score (nSPS) is 21.9. The van der Waals surface area contributed by atoms with Gasteiger partial charge in [-0.15, -0.1) is 0 Å². The number of carbonyl (C=O) groups is 2. The summed E-state index contributed by atoms with van der Waals surface area (Å²) in [5.74, 6) is -0.761. The molecule has 3 heterocycles. The van der Waals surface area contributed by atoms with E-state index >= 15 is 0 Å². The molecule has 0 aliphatic carbocycles. The predicted octanol–water partition coefficient (Wildman–Crippen LogP) is 0.0491. The summed E-state index contributed by atoms with van der Waals surface area (Å²) in [6.07, 6.45) is 3.59. The zero-order chi connectivity index (χ0) is 15.0. The number of methoxy groups -OCH3 is 1. The fourth-order valence-electron chi connectivity index (χ4n) is 2.73. The number of nitrogens with two attached hydrogens (primary N) is 1. The van der Waals surface area contributed by atoms with Crippen LogP contribution in [0.5, 0.6) is 0 Å². The Labute approximate surface area is 121 Å². The minimum Gasteiger partial charge on any atom is -0.380 e. The quantitative estimate of drug-likeness (QED) is 0.864. The highest BCUT2D eigenvalue weighted by Gasteiger charge is 2.39. The van der Waals surface area contributed by atoms with Gasteiger partial charge in [-0.1, -0.05) is 6.07 Å². The summed E-state index contributed by atoms with van der Waals surface area (Å²) in [7, 11) is 1.56. The summed E-state index contributed by atoms with van der Waals surface area (Å²) in [4.78, 5) is 30.0. The number of aromatic nitrogens is 2. The number of imidazole rings is 1. The second kappa shape index (κ2) is 5.17. The van der Waals surface area contributed by atoms with E-state index < -0.39 is 11.9 Å². The van der Waals surface area contributed by atoms with Crippen LogP contribution >= 0.6 is 0 Å². The summed E-state index contributed by atoms with van der Waals surface area (Å²) in [5, 5.41) is 0. The van der Waals surface area contributed by atoms with E-state index in [0.29, 0.717) is 24.3 Å². The van der Waals surface area contributed by atoms with E-state index in [1.807, 2.05) is 6.07 Å². The van der Waals surface area contributed by atoms with Crippen molar-refractivity contribution in [3.05, 3.63) is 36.3 Å². The van der Waals surface area contributed by atoms with Gasteiger partial charge in [0.2, 0.25) is 5.91 Å². The number of ether oxygens (including phenoxy) is 1. The van der Waals surface area contributed by atoms with Crippen LogP contribution in [0.25, 0.3) is 5.65 Å². The number of nitrogens with zero attached hydrogens (tertiary/aromatic N) is 3. The standard InChI is InChI=1S/C14H16N4O3/c1-21-9-7-11(13(15)19)18(8-9)14(20)10-3-2-4-12-16-5-6-17(10)12/h2-6,9,11H,7-8H2,1H3,(H2,15,19)/t9-,11-/m0/s1. The van der Waals surface area contributed by atoms with Gasteiger partial charge in [-0.25, -0.2) is 4.98 Å². The van der Waals surface area contributed by atoms with E-state index in [2.05, 4.69) is 4.98 Å². The van der Waals surface area contributed by atoms with E-state index in [9.17, 15) is 9.59 Å². The second-order valence-corrected chi connectivity index (χ2v) is 5.04. The minimum atomic E-state index is -0.638. The van der Waals surface area contributed by atoms with Crippen molar-refractivity contribution in [2.24, 2.45) is 5.73 Å². The van der Waals surface area contributed by atoms with Gasteiger partial charge in [-0.05, 0) is 12.1 Å². The minimum absolute atomic E-state index is 0.173. The van der Waals surface area contributed by atoms with Crippen molar-refractivity contribution < 1.29 is 14.3 Å². The van der Waals surface area contributed by atoms with Gasteiger partial charge in [0, 0.05) is 32.5 Å². The molecule has 1 saturated heterocycles. The fourth-order valence-corrected chi connectivity index (χ4v) is 2.73. The van der Waals surface area contributed by atoms with Crippen molar-refractivity contribution in [2.75, 3.05) is 13.7 Å². The Bertz CT molecular complexity index is 696. The largest absolute Gasteiger partial charge is 0.380 e. The number of hydrogen-bond acceptors (Lipinski definition) is 4. The molecule has 1 aliphatic heterocycles. The number of likely N-dealkylation sites (tertiary alicyclic amines) is 1. The van der Waals surface area contributed by atoms with Crippen LogP contribution in [-0.4, -0.2) is 51.9 Å². The highest BCUT2D eigenvalue weighted by molar-refractivity contribution is 5.97. The Hall–Kier alpha value is -2.41. The lowest BCUT2D eigenvalue weighted by Gasteiger charge is -2.22. The molecule has 0 unspecified atom stereocenters. The predicted molar refractivity (Wildman–Crippen MR) is 74.6 cm³/mol. The molecule has 21 heavy (non-hydrogen) atoms. The Balaban J connectivity index is 1.97. The SMILES string of the molecule is CO[C@H]1C[C@@H](C(N)=O)N(C(=O)c2cccc3nccn23)C1. The molecule has 7 nitrogen and oxygen atoms in total. The lowest BCUT2D eigenvalue weighted by molar-refractivity contribution is -0.121. The maximum absolute atomic E-state index is 12.7. The van der Waals surface area contributed by atoms with Crippen molar-refractivity contribution in [3.63, 3.8) is 0 Å². The Morgan fingerprint density at radius 1 is 1.43 bits per heavy atom. The first kappa shape index (κ1) is 13.6. The van der Waals surface area contributed by atoms with E-state index in [4.69, 9.17) is 10.5 Å². The smallest absolute Gasteiger partial charge is 0.271 e. The molecule has 2 amide bonds. The van der Waals surface area contributed by atoms with E-state index in [1.54, 1.807) is 36.0 Å². The number of amides is 2. The van der Waals surface area contributed by atoms with E-state index in [0.717, 1.165) is 0 Å². The molecule has 7 heteroatoms. The fraction of sp³-hybridized carbons (Fsp3) is 0.357. The second-order valence-electron chi connectivity index (χ2n) is 5.04. The number of hydrogen-bond donors (Lipinski definition) is 1. The zero-order valence-corrected chi connectivity index (χ0v) is 11.6. The van der Waals surface area contributed by atoms with Crippen LogP contribution in [0.3, 0.4) is 0 Å². The topological polar surface area (TPSA) is 89.9 Å². The summed E-state index contributed by atoms with van der Waals surface area (Å²) >= 11 is 0. The third kappa shape index (κ3) is 2.25. The van der Waals surface area contributed by atoms with E-state index in [1.165, 1.54) is 4.90 Å². The summed E-state index contributed by atoms with van der Waals surface area (Å²) in [6.45, 7) is 0.355. The molecule has 0 bridgehead atoms. The summed E-state index contributed by atoms with van der Waals surface area (Å²) in [5.41, 5.74) is 6.54. The molecule has 2 atom stereocenters. The van der Waals surface area contributed by atoms with Crippen LogP contribution in [0, 0.1) is 0 Å². The number of carbonyl (C=O) groups excluding carboxylic acids is 2. The van der Waals surface area contributed by atoms with Gasteiger partial charge in [0.05, 0.1) is 6.10 Å². The number of primary amides is 1. The molecule has 1 aliphatic rings. The first-order valence-corrected chi connectivity index (χ1v) is 6.67. The number of pyridine rings is 1. The molecule has 1 fully saturated rings. The van der Waals surface area contributed by atoms with Crippen molar-refractivity contribution in [2.45, 2.75) is 18.6 Å². The first-order chi connectivity index (χ1) is 10.1. The van der Waals surface area contributed by atoms with Crippen LogP contribution in [0.4, 0.5) is 0 Å². The molecular formula is C14H16N4O3. The Kier molecular flexibility index (Phi) is 3.34. The third-order valence-corrected chi connectivity index (χ3v) is 3.83. The monoisotopic (exact) mass is 288 g/mol. The van der Waals surface area contributed by atoms with Crippen LogP contribution in [-0.2, 0) is 9.53 Å². The molecule has 2 aromatic rings. The van der Waals surface area contributed by atoms with Gasteiger partial charge in [0.1, 0.15) is 17.4 Å². The average Bonchev–Trinajstić information content (AvgIpc) is 3.12. The summed E-state index contributed by atoms with van der Waals surface area (Å²) < 4.78 is 6.95. The zero-order valence-electron chi connectivity index (χ0n) is 11.6. The van der Waals surface area contributed by atoms with Crippen molar-refractivity contribution in [1.29, 1.82) is 0 Å². The van der Waals surface area contributed by atoms with Crippen molar-refractivity contribution in [1.82, 2.24) is 14.3 Å². The average molecular weight is 288 g/mol. The number of fused-ring (bicyclic) bond motifs is 1. The van der Waals surface area contributed by atoms with Gasteiger partial charge in [-0.3, -0.25) is 14.0 Å². The van der Waals surface area contributed by atoms with Crippen LogP contribution in [0.2, 0.25) is 0 Å². The molecule has 0 aromatic carbocycles. The van der Waals surface area contributed by atoms with Gasteiger partial charge in [0.15, 0.2) is 0 Å². The van der Waals surface area contributed by atoms with Crippen LogP contribution in [0.1, 0.15) is 16.9 Å². The molecule has 2 N–H and O–H groups in total. The van der Waals surface area contributed by atoms with Gasteiger partial charge in [0.25, 0.3) is 5.91 Å². The lowest BCUT2D eigenvalue weighted by atomic mass is 10.2. The Morgan fingerprint density at radius 3 is 2.95 bits per heavy atom. The maximum Gasteiger partial charge on any atom is 0.271 e. The molecule has 2 aromatic heterocycles. The molecule has 0 spiro atoms. The third-order valence-electron chi connectivity index (χ3n) is 3.83. The van der Waals surface area contributed by atoms with Gasteiger partial charge < -0.3 is 15.4 Å². The van der Waals surface area contributed by atoms with Gasteiger partial charge >= 0.3 is 0 Å². The van der Waals surface area contributed by atoms with Crippen molar-refractivity contribution >= 4 is 17.5 Å². The number of rotatable bonds is 3. The lowest BCUT2D eigenvalue weighted by Crippen LogP contribution is -2.44. The van der Waals surface area contributed by atoms with Crippen LogP contribution in [0.15, 0.2) is 30.6 Å². The highest BCUT2D eigenvalue weighted by Crippen LogP contribution is 2.22. The maximum atomic E-state index is 12.7. The highest BCUT2D eigenvalue weighted by atomic mass is 16.5. The van der Waals surface area contributed by atoms with Crippen LogP contribution < -0.4 is 5.73 Å². The molecule has 0 saturated carbocycles. The molecule has 0 radical (unpaired) electrons. The first-order valence-electron chi connectivity index (χ1n) is 6.67. The molecule has 110 valence electrons. The van der Waals surface area contributed by atoms with E-state index in [-0.39, 0.29) is 12.0 Å². The Morgan fingerprint density at radius 2 is 2.24 bits per heavy atom. The molecular weight excluding hydrogens is 272 g/mol. The molecule has 3 rings (SSSR count). The van der Waals surface area contributed by atoms with Gasteiger partial charge in [-0.2, -0.15) is 0 Å². The van der Waals surface area contributed by atoms with Crippen molar-refractivity contribution in [3.8, 4) is 0 Å². The summed E-state index contributed by atoms with van der Waals surface area (Å²) in [6, 6.07) is 4.64.